The number of ether oxygens (including phenoxy) is 2. The highest BCUT2D eigenvalue weighted by Crippen LogP contribution is 2.18. The van der Waals surface area contributed by atoms with E-state index in [-0.39, 0.29) is 24.4 Å². The summed E-state index contributed by atoms with van der Waals surface area (Å²) in [4.78, 5) is 29.1. The number of aromatic nitrogens is 1. The maximum atomic E-state index is 12.1. The van der Waals surface area contributed by atoms with Crippen molar-refractivity contribution in [1.29, 1.82) is 0 Å². The molecule has 1 aliphatic rings. The molecule has 1 amide bonds. The first kappa shape index (κ1) is 14.3. The highest BCUT2D eigenvalue weighted by Gasteiger charge is 2.29. The third-order valence-electron chi connectivity index (χ3n) is 3.31. The maximum absolute atomic E-state index is 12.1. The van der Waals surface area contributed by atoms with Crippen molar-refractivity contribution in [1.82, 2.24) is 9.88 Å². The molecule has 1 saturated heterocycles. The second-order valence-corrected chi connectivity index (χ2v) is 4.68. The monoisotopic (exact) mass is 278 g/mol. The summed E-state index contributed by atoms with van der Waals surface area (Å²) in [6.45, 7) is 1.02. The van der Waals surface area contributed by atoms with Crippen molar-refractivity contribution in [2.75, 3.05) is 26.8 Å². The minimum absolute atomic E-state index is 0.0421. The Kier molecular flexibility index (Phi) is 4.92. The van der Waals surface area contributed by atoms with Crippen LogP contribution >= 0.6 is 0 Å². The Morgan fingerprint density at radius 2 is 2.35 bits per heavy atom. The summed E-state index contributed by atoms with van der Waals surface area (Å²) in [5, 5.41) is 0. The lowest BCUT2D eigenvalue weighted by molar-refractivity contribution is -0.149. The van der Waals surface area contributed by atoms with Crippen LogP contribution in [0.2, 0.25) is 0 Å². The molecule has 0 aromatic carbocycles. The molecule has 1 atom stereocenters. The minimum atomic E-state index is -0.254. The lowest BCUT2D eigenvalue weighted by Crippen LogP contribution is -2.44. The van der Waals surface area contributed by atoms with Crippen molar-refractivity contribution in [2.45, 2.75) is 12.8 Å². The number of pyridine rings is 1. The molecular weight excluding hydrogens is 260 g/mol. The van der Waals surface area contributed by atoms with Gasteiger partial charge in [0.25, 0.3) is 5.91 Å². The Balaban J connectivity index is 1.84. The van der Waals surface area contributed by atoms with Gasteiger partial charge < -0.3 is 14.4 Å². The SMILES string of the molecule is COC(=O)C1CCCN(C(=O)COc2cccnc2)C1. The van der Waals surface area contributed by atoms with Crippen LogP contribution in [-0.2, 0) is 14.3 Å². The summed E-state index contributed by atoms with van der Waals surface area (Å²) in [5.41, 5.74) is 0. The third kappa shape index (κ3) is 3.69. The van der Waals surface area contributed by atoms with Crippen LogP contribution < -0.4 is 4.74 Å². The summed E-state index contributed by atoms with van der Waals surface area (Å²) in [6.07, 6.45) is 4.76. The number of methoxy groups -OCH3 is 1. The molecule has 0 radical (unpaired) electrons. The number of carbonyl (C=O) groups excluding carboxylic acids is 2. The van der Waals surface area contributed by atoms with Crippen molar-refractivity contribution < 1.29 is 19.1 Å². The number of piperidine rings is 1. The van der Waals surface area contributed by atoms with E-state index in [0.29, 0.717) is 18.8 Å². The Hall–Kier alpha value is -2.11. The zero-order valence-electron chi connectivity index (χ0n) is 11.4. The van der Waals surface area contributed by atoms with Crippen LogP contribution in [0.15, 0.2) is 24.5 Å². The van der Waals surface area contributed by atoms with Gasteiger partial charge >= 0.3 is 5.97 Å². The largest absolute Gasteiger partial charge is 0.482 e. The number of amides is 1. The molecule has 0 saturated carbocycles. The van der Waals surface area contributed by atoms with Crippen LogP contribution in [0.1, 0.15) is 12.8 Å². The van der Waals surface area contributed by atoms with Crippen molar-refractivity contribution in [3.63, 3.8) is 0 Å². The topological polar surface area (TPSA) is 68.7 Å². The quantitative estimate of drug-likeness (QED) is 0.764. The molecule has 6 heteroatoms. The minimum Gasteiger partial charge on any atom is -0.482 e. The average molecular weight is 278 g/mol. The molecule has 2 rings (SSSR count). The Morgan fingerprint density at radius 3 is 3.05 bits per heavy atom. The zero-order chi connectivity index (χ0) is 14.4. The average Bonchev–Trinajstić information content (AvgIpc) is 2.53. The molecule has 1 aromatic heterocycles. The molecular formula is C14H18N2O4. The van der Waals surface area contributed by atoms with Gasteiger partial charge in [-0.25, -0.2) is 0 Å². The standard InChI is InChI=1S/C14H18N2O4/c1-19-14(18)11-4-3-7-16(9-11)13(17)10-20-12-5-2-6-15-8-12/h2,5-6,8,11H,3-4,7,9-10H2,1H3. The van der Waals surface area contributed by atoms with E-state index in [1.54, 1.807) is 29.4 Å². The Bertz CT molecular complexity index is 464. The van der Waals surface area contributed by atoms with Crippen molar-refractivity contribution in [3.8, 4) is 5.75 Å². The number of likely N-dealkylation sites (tertiary alicyclic amines) is 1. The molecule has 20 heavy (non-hydrogen) atoms. The Morgan fingerprint density at radius 1 is 1.50 bits per heavy atom. The molecule has 2 heterocycles. The molecule has 0 spiro atoms. The zero-order valence-corrected chi connectivity index (χ0v) is 11.4. The van der Waals surface area contributed by atoms with Crippen LogP contribution in [0, 0.1) is 5.92 Å². The van der Waals surface area contributed by atoms with E-state index in [1.807, 2.05) is 0 Å². The summed E-state index contributed by atoms with van der Waals surface area (Å²) >= 11 is 0. The lowest BCUT2D eigenvalue weighted by atomic mass is 9.98. The predicted molar refractivity (Wildman–Crippen MR) is 71.1 cm³/mol. The fraction of sp³-hybridized carbons (Fsp3) is 0.500. The summed E-state index contributed by atoms with van der Waals surface area (Å²) in [5.74, 6) is -0.0448. The van der Waals surface area contributed by atoms with E-state index in [0.717, 1.165) is 12.8 Å². The van der Waals surface area contributed by atoms with Crippen LogP contribution in [0.25, 0.3) is 0 Å². The summed E-state index contributed by atoms with van der Waals surface area (Å²) in [6, 6.07) is 3.49. The van der Waals surface area contributed by atoms with Crippen molar-refractivity contribution in [3.05, 3.63) is 24.5 Å². The molecule has 1 aliphatic heterocycles. The maximum Gasteiger partial charge on any atom is 0.310 e. The number of rotatable bonds is 4. The van der Waals surface area contributed by atoms with Crippen LogP contribution in [-0.4, -0.2) is 48.6 Å². The first-order chi connectivity index (χ1) is 9.70. The number of nitrogens with zero attached hydrogens (tertiary/aromatic N) is 2. The van der Waals surface area contributed by atoms with Gasteiger partial charge in [0.2, 0.25) is 0 Å². The molecule has 0 bridgehead atoms. The summed E-state index contributed by atoms with van der Waals surface area (Å²) in [7, 11) is 1.37. The van der Waals surface area contributed by atoms with Gasteiger partial charge in [0, 0.05) is 19.3 Å². The first-order valence-corrected chi connectivity index (χ1v) is 6.59. The normalized spacial score (nSPS) is 18.4. The number of hydrogen-bond acceptors (Lipinski definition) is 5. The van der Waals surface area contributed by atoms with Gasteiger partial charge in [0.05, 0.1) is 19.2 Å². The Labute approximate surface area is 117 Å². The first-order valence-electron chi connectivity index (χ1n) is 6.59. The fourth-order valence-electron chi connectivity index (χ4n) is 2.23. The molecule has 0 N–H and O–H groups in total. The van der Waals surface area contributed by atoms with Gasteiger partial charge in [-0.1, -0.05) is 0 Å². The van der Waals surface area contributed by atoms with Crippen LogP contribution in [0.5, 0.6) is 5.75 Å². The second kappa shape index (κ2) is 6.88. The number of carbonyl (C=O) groups is 2. The van der Waals surface area contributed by atoms with Gasteiger partial charge in [-0.05, 0) is 25.0 Å². The van der Waals surface area contributed by atoms with E-state index in [1.165, 1.54) is 7.11 Å². The van der Waals surface area contributed by atoms with E-state index < -0.39 is 0 Å². The highest BCUT2D eigenvalue weighted by atomic mass is 16.5. The third-order valence-corrected chi connectivity index (χ3v) is 3.31. The van der Waals surface area contributed by atoms with Crippen molar-refractivity contribution >= 4 is 11.9 Å². The highest BCUT2D eigenvalue weighted by molar-refractivity contribution is 5.79. The smallest absolute Gasteiger partial charge is 0.310 e. The number of esters is 1. The van der Waals surface area contributed by atoms with E-state index in [2.05, 4.69) is 4.98 Å². The van der Waals surface area contributed by atoms with Gasteiger partial charge in [0.1, 0.15) is 5.75 Å². The fourth-order valence-corrected chi connectivity index (χ4v) is 2.23. The van der Waals surface area contributed by atoms with E-state index >= 15 is 0 Å². The van der Waals surface area contributed by atoms with E-state index in [4.69, 9.17) is 9.47 Å². The second-order valence-electron chi connectivity index (χ2n) is 4.68. The summed E-state index contributed by atoms with van der Waals surface area (Å²) < 4.78 is 10.1. The molecule has 1 fully saturated rings. The molecule has 108 valence electrons. The van der Waals surface area contributed by atoms with Gasteiger partial charge in [-0.15, -0.1) is 0 Å². The van der Waals surface area contributed by atoms with Gasteiger partial charge in [-0.2, -0.15) is 0 Å². The van der Waals surface area contributed by atoms with Crippen LogP contribution in [0.4, 0.5) is 0 Å². The van der Waals surface area contributed by atoms with Crippen molar-refractivity contribution in [2.24, 2.45) is 5.92 Å². The molecule has 1 aromatic rings. The van der Waals surface area contributed by atoms with Gasteiger partial charge in [-0.3, -0.25) is 14.6 Å². The van der Waals surface area contributed by atoms with E-state index in [9.17, 15) is 9.59 Å². The number of hydrogen-bond donors (Lipinski definition) is 0. The molecule has 0 aliphatic carbocycles. The molecule has 6 nitrogen and oxygen atoms in total. The van der Waals surface area contributed by atoms with Gasteiger partial charge in [0.15, 0.2) is 6.61 Å². The predicted octanol–water partition coefficient (Wildman–Crippen LogP) is 0.872. The van der Waals surface area contributed by atoms with Crippen LogP contribution in [0.3, 0.4) is 0 Å². The molecule has 1 unspecified atom stereocenters. The lowest BCUT2D eigenvalue weighted by Gasteiger charge is -2.31.